The topological polar surface area (TPSA) is 34.0 Å². The van der Waals surface area contributed by atoms with Crippen LogP contribution < -0.4 is 4.74 Å². The average Bonchev–Trinajstić information content (AvgIpc) is 2.83. The van der Waals surface area contributed by atoms with Crippen molar-refractivity contribution >= 4 is 17.4 Å². The van der Waals surface area contributed by atoms with E-state index in [1.807, 2.05) is 66.7 Å². The van der Waals surface area contributed by atoms with Crippen molar-refractivity contribution in [3.8, 4) is 5.75 Å². The van der Waals surface area contributed by atoms with Crippen LogP contribution in [0.25, 0.3) is 0 Å². The fraction of sp³-hybridized carbons (Fsp3) is 0.0476. The molecule has 0 spiro atoms. The molecular formula is C21H16N2O. The van der Waals surface area contributed by atoms with Crippen molar-refractivity contribution in [3.63, 3.8) is 0 Å². The summed E-state index contributed by atoms with van der Waals surface area (Å²) in [6, 6.07) is 25.8. The first-order valence-corrected chi connectivity index (χ1v) is 7.86. The maximum absolute atomic E-state index is 6.05. The summed E-state index contributed by atoms with van der Waals surface area (Å²) in [5.74, 6) is 1.92. The summed E-state index contributed by atoms with van der Waals surface area (Å²) in [6.07, 6.45) is 0. The molecular weight excluding hydrogens is 296 g/mol. The van der Waals surface area contributed by atoms with Gasteiger partial charge in [-0.2, -0.15) is 4.99 Å². The number of ether oxygens (including phenoxy) is 1. The highest BCUT2D eigenvalue weighted by atomic mass is 16.5. The molecule has 3 nitrogen and oxygen atoms in total. The van der Waals surface area contributed by atoms with E-state index in [2.05, 4.69) is 19.1 Å². The smallest absolute Gasteiger partial charge is 0.228 e. The molecule has 0 fully saturated rings. The van der Waals surface area contributed by atoms with E-state index in [1.165, 1.54) is 5.56 Å². The fourth-order valence-electron chi connectivity index (χ4n) is 2.53. The molecule has 3 aromatic carbocycles. The molecule has 0 amide bonds. The molecule has 24 heavy (non-hydrogen) atoms. The van der Waals surface area contributed by atoms with E-state index in [-0.39, 0.29) is 0 Å². The number of aliphatic imine (C=N–C) groups is 2. The highest BCUT2D eigenvalue weighted by Gasteiger charge is 2.16. The zero-order valence-corrected chi connectivity index (χ0v) is 13.3. The van der Waals surface area contributed by atoms with Gasteiger partial charge in [0.1, 0.15) is 5.69 Å². The van der Waals surface area contributed by atoms with Crippen LogP contribution in [0.15, 0.2) is 88.8 Å². The number of rotatable bonds is 2. The first-order chi connectivity index (χ1) is 11.8. The van der Waals surface area contributed by atoms with Crippen LogP contribution in [0, 0.1) is 6.92 Å². The lowest BCUT2D eigenvalue weighted by Crippen LogP contribution is -2.12. The zero-order chi connectivity index (χ0) is 16.4. The van der Waals surface area contributed by atoms with Gasteiger partial charge in [-0.05, 0) is 31.2 Å². The van der Waals surface area contributed by atoms with Crippen LogP contribution in [0.1, 0.15) is 16.7 Å². The lowest BCUT2D eigenvalue weighted by atomic mass is 10.1. The average molecular weight is 312 g/mol. The molecule has 0 bridgehead atoms. The summed E-state index contributed by atoms with van der Waals surface area (Å²) in [5, 5.41) is 0. The Balaban J connectivity index is 1.88. The van der Waals surface area contributed by atoms with Crippen molar-refractivity contribution in [2.24, 2.45) is 9.98 Å². The van der Waals surface area contributed by atoms with Crippen LogP contribution in [0.5, 0.6) is 5.75 Å². The van der Waals surface area contributed by atoms with E-state index in [0.29, 0.717) is 17.5 Å². The second-order valence-electron chi connectivity index (χ2n) is 5.65. The van der Waals surface area contributed by atoms with Gasteiger partial charge in [0.2, 0.25) is 5.90 Å². The van der Waals surface area contributed by atoms with E-state index >= 15 is 0 Å². The van der Waals surface area contributed by atoms with E-state index in [4.69, 9.17) is 14.7 Å². The number of hydrogen-bond donors (Lipinski definition) is 0. The summed E-state index contributed by atoms with van der Waals surface area (Å²) in [4.78, 5) is 9.42. The predicted octanol–water partition coefficient (Wildman–Crippen LogP) is 4.91. The van der Waals surface area contributed by atoms with Gasteiger partial charge in [-0.25, -0.2) is 4.99 Å². The lowest BCUT2D eigenvalue weighted by molar-refractivity contribution is 0.557. The molecule has 1 aliphatic rings. The number of amidine groups is 1. The number of hydrogen-bond acceptors (Lipinski definition) is 3. The molecule has 116 valence electrons. The van der Waals surface area contributed by atoms with Crippen LogP contribution in [0.4, 0.5) is 5.69 Å². The van der Waals surface area contributed by atoms with Gasteiger partial charge >= 0.3 is 0 Å². The lowest BCUT2D eigenvalue weighted by Gasteiger charge is -2.08. The Kier molecular flexibility index (Phi) is 3.67. The fourth-order valence-corrected chi connectivity index (χ4v) is 2.53. The maximum Gasteiger partial charge on any atom is 0.228 e. The number of nitrogens with zero attached hydrogens (tertiary/aromatic N) is 2. The Morgan fingerprint density at radius 2 is 1.38 bits per heavy atom. The first kappa shape index (κ1) is 14.4. The van der Waals surface area contributed by atoms with Gasteiger partial charge in [-0.1, -0.05) is 60.2 Å². The molecule has 4 rings (SSSR count). The second-order valence-corrected chi connectivity index (χ2v) is 5.65. The van der Waals surface area contributed by atoms with E-state index < -0.39 is 0 Å². The molecule has 3 aromatic rings. The van der Waals surface area contributed by atoms with Gasteiger partial charge in [0, 0.05) is 11.1 Å². The number of benzene rings is 3. The number of aryl methyl sites for hydroxylation is 1. The highest BCUT2D eigenvalue weighted by molar-refractivity contribution is 6.12. The van der Waals surface area contributed by atoms with Crippen LogP contribution >= 0.6 is 0 Å². The molecule has 0 radical (unpaired) electrons. The standard InChI is InChI=1S/C21H16N2O/c1-15-11-13-16(14-12-15)20-22-18-9-5-6-10-19(18)24-21(23-20)17-7-3-2-4-8-17/h2-14H,1H3. The molecule has 0 saturated carbocycles. The summed E-state index contributed by atoms with van der Waals surface area (Å²) < 4.78 is 6.05. The summed E-state index contributed by atoms with van der Waals surface area (Å²) in [7, 11) is 0. The third-order valence-corrected chi connectivity index (χ3v) is 3.84. The quantitative estimate of drug-likeness (QED) is 0.662. The van der Waals surface area contributed by atoms with Crippen LogP contribution in [0.2, 0.25) is 0 Å². The van der Waals surface area contributed by atoms with E-state index in [1.54, 1.807) is 0 Å². The molecule has 0 aromatic heterocycles. The number of para-hydroxylation sites is 2. The second kappa shape index (κ2) is 6.13. The number of fused-ring (bicyclic) bond motifs is 1. The maximum atomic E-state index is 6.05. The van der Waals surface area contributed by atoms with Gasteiger partial charge in [-0.15, -0.1) is 0 Å². The van der Waals surface area contributed by atoms with Gasteiger partial charge < -0.3 is 4.74 Å². The SMILES string of the molecule is Cc1ccc(C2=Nc3ccccc3OC(c3ccccc3)=N2)cc1. The van der Waals surface area contributed by atoms with Crippen LogP contribution in [0.3, 0.4) is 0 Å². The molecule has 0 unspecified atom stereocenters. The van der Waals surface area contributed by atoms with Crippen LogP contribution in [-0.2, 0) is 0 Å². The monoisotopic (exact) mass is 312 g/mol. The minimum absolute atomic E-state index is 0.555. The molecule has 0 saturated heterocycles. The zero-order valence-electron chi connectivity index (χ0n) is 13.3. The first-order valence-electron chi connectivity index (χ1n) is 7.86. The third kappa shape index (κ3) is 2.84. The Labute approximate surface area is 141 Å². The van der Waals surface area contributed by atoms with Gasteiger partial charge in [-0.3, -0.25) is 0 Å². The third-order valence-electron chi connectivity index (χ3n) is 3.84. The van der Waals surface area contributed by atoms with E-state index in [9.17, 15) is 0 Å². The largest absolute Gasteiger partial charge is 0.436 e. The Morgan fingerprint density at radius 1 is 0.667 bits per heavy atom. The Morgan fingerprint density at radius 3 is 2.17 bits per heavy atom. The summed E-state index contributed by atoms with van der Waals surface area (Å²) >= 11 is 0. The molecule has 1 heterocycles. The van der Waals surface area contributed by atoms with Gasteiger partial charge in [0.05, 0.1) is 0 Å². The molecule has 0 aliphatic carbocycles. The molecule has 3 heteroatoms. The van der Waals surface area contributed by atoms with Crippen molar-refractivity contribution in [2.45, 2.75) is 6.92 Å². The van der Waals surface area contributed by atoms with Gasteiger partial charge in [0.25, 0.3) is 0 Å². The van der Waals surface area contributed by atoms with Crippen molar-refractivity contribution < 1.29 is 4.74 Å². The Bertz CT molecular complexity index is 926. The van der Waals surface area contributed by atoms with Crippen LogP contribution in [-0.4, -0.2) is 11.7 Å². The van der Waals surface area contributed by atoms with E-state index in [0.717, 1.165) is 16.8 Å². The van der Waals surface area contributed by atoms with Crippen molar-refractivity contribution in [1.29, 1.82) is 0 Å². The molecule has 0 atom stereocenters. The highest BCUT2D eigenvalue weighted by Crippen LogP contribution is 2.31. The van der Waals surface area contributed by atoms with Crippen molar-refractivity contribution in [1.82, 2.24) is 0 Å². The van der Waals surface area contributed by atoms with Gasteiger partial charge in [0.15, 0.2) is 11.6 Å². The van der Waals surface area contributed by atoms with Crippen molar-refractivity contribution in [2.75, 3.05) is 0 Å². The minimum Gasteiger partial charge on any atom is -0.436 e. The molecule has 0 N–H and O–H groups in total. The summed E-state index contributed by atoms with van der Waals surface area (Å²) in [5.41, 5.74) is 3.88. The molecule has 1 aliphatic heterocycles. The minimum atomic E-state index is 0.555. The summed E-state index contributed by atoms with van der Waals surface area (Å²) in [6.45, 7) is 2.07. The Hall–Kier alpha value is -3.20. The predicted molar refractivity (Wildman–Crippen MR) is 97.4 cm³/mol. The van der Waals surface area contributed by atoms with Crippen molar-refractivity contribution in [3.05, 3.63) is 95.6 Å². The normalized spacial score (nSPS) is 13.2.